The zero-order chi connectivity index (χ0) is 19.4. The second kappa shape index (κ2) is 7.73. The largest absolute Gasteiger partial charge is 0.573 e. The average molecular weight is 382 g/mol. The summed E-state index contributed by atoms with van der Waals surface area (Å²) in [5, 5.41) is 2.49. The van der Waals surface area contributed by atoms with Crippen LogP contribution >= 0.6 is 0 Å². The van der Waals surface area contributed by atoms with Gasteiger partial charge in [-0.25, -0.2) is 0 Å². The smallest absolute Gasteiger partial charge is 0.472 e. The van der Waals surface area contributed by atoms with E-state index in [1.54, 1.807) is 11.0 Å². The first-order chi connectivity index (χ1) is 12.8. The number of carbonyl (C=O) groups excluding carboxylic acids is 2. The van der Waals surface area contributed by atoms with Crippen LogP contribution in [0.4, 0.5) is 18.9 Å². The van der Waals surface area contributed by atoms with Crippen LogP contribution in [0.25, 0.3) is 0 Å². The van der Waals surface area contributed by atoms with Crippen molar-refractivity contribution in [1.29, 1.82) is 0 Å². The molecule has 0 unspecified atom stereocenters. The second-order valence-corrected chi connectivity index (χ2v) is 6.11. The molecular formula is C18H17F3N2O4. The van der Waals surface area contributed by atoms with Gasteiger partial charge in [0, 0.05) is 19.0 Å². The van der Waals surface area contributed by atoms with Gasteiger partial charge in [0.15, 0.2) is 5.75 Å². The number of nitrogens with zero attached hydrogens (tertiary/aromatic N) is 1. The van der Waals surface area contributed by atoms with E-state index in [2.05, 4.69) is 10.1 Å². The fourth-order valence-electron chi connectivity index (χ4n) is 2.93. The van der Waals surface area contributed by atoms with E-state index >= 15 is 0 Å². The number of hydrogen-bond acceptors (Lipinski definition) is 4. The van der Waals surface area contributed by atoms with Crippen LogP contribution in [0.5, 0.6) is 5.75 Å². The summed E-state index contributed by atoms with van der Waals surface area (Å²) >= 11 is 0. The minimum Gasteiger partial charge on any atom is -0.472 e. The Morgan fingerprint density at radius 3 is 2.48 bits per heavy atom. The van der Waals surface area contributed by atoms with Crippen molar-refractivity contribution in [1.82, 2.24) is 4.90 Å². The lowest BCUT2D eigenvalue weighted by molar-refractivity contribution is -0.274. The summed E-state index contributed by atoms with van der Waals surface area (Å²) in [4.78, 5) is 26.3. The zero-order valence-corrected chi connectivity index (χ0v) is 14.2. The van der Waals surface area contributed by atoms with Gasteiger partial charge in [-0.15, -0.1) is 13.2 Å². The molecule has 1 aliphatic rings. The molecule has 9 heteroatoms. The highest BCUT2D eigenvalue weighted by Gasteiger charge is 2.33. The molecule has 1 aliphatic heterocycles. The first kappa shape index (κ1) is 18.8. The molecular weight excluding hydrogens is 365 g/mol. The summed E-state index contributed by atoms with van der Waals surface area (Å²) in [5.41, 5.74) is 0.396. The zero-order valence-electron chi connectivity index (χ0n) is 14.2. The minimum atomic E-state index is -4.85. The Morgan fingerprint density at radius 1 is 1.15 bits per heavy atom. The lowest BCUT2D eigenvalue weighted by Gasteiger charge is -2.31. The van der Waals surface area contributed by atoms with Gasteiger partial charge in [0.05, 0.1) is 17.5 Å². The number of amides is 2. The van der Waals surface area contributed by atoms with Gasteiger partial charge in [0.25, 0.3) is 5.91 Å². The van der Waals surface area contributed by atoms with Gasteiger partial charge >= 0.3 is 6.36 Å². The summed E-state index contributed by atoms with van der Waals surface area (Å²) in [6, 6.07) is 6.94. The van der Waals surface area contributed by atoms with Crippen molar-refractivity contribution in [3.05, 3.63) is 48.4 Å². The number of carbonyl (C=O) groups is 2. The number of benzene rings is 1. The number of ether oxygens (including phenoxy) is 1. The summed E-state index contributed by atoms with van der Waals surface area (Å²) in [7, 11) is 0. The van der Waals surface area contributed by atoms with Crippen LogP contribution in [0.3, 0.4) is 0 Å². The van der Waals surface area contributed by atoms with Gasteiger partial charge in [-0.2, -0.15) is 0 Å². The predicted molar refractivity (Wildman–Crippen MR) is 89.1 cm³/mol. The highest BCUT2D eigenvalue weighted by atomic mass is 19.4. The van der Waals surface area contributed by atoms with Gasteiger partial charge in [-0.05, 0) is 31.0 Å². The molecule has 0 saturated carbocycles. The quantitative estimate of drug-likeness (QED) is 0.876. The van der Waals surface area contributed by atoms with Crippen molar-refractivity contribution in [2.24, 2.45) is 5.92 Å². The summed E-state index contributed by atoms with van der Waals surface area (Å²) in [6.07, 6.45) is -1.25. The topological polar surface area (TPSA) is 71.8 Å². The second-order valence-electron chi connectivity index (χ2n) is 6.11. The van der Waals surface area contributed by atoms with Crippen molar-refractivity contribution < 1.29 is 31.9 Å². The Bertz CT molecular complexity index is 797. The number of rotatable bonds is 4. The normalized spacial score (nSPS) is 15.4. The number of piperidine rings is 1. The highest BCUT2D eigenvalue weighted by molar-refractivity contribution is 5.95. The molecule has 1 fully saturated rings. The molecule has 1 saturated heterocycles. The van der Waals surface area contributed by atoms with Gasteiger partial charge < -0.3 is 19.4 Å². The number of alkyl halides is 3. The molecule has 3 rings (SSSR count). The van der Waals surface area contributed by atoms with Crippen molar-refractivity contribution in [3.8, 4) is 5.75 Å². The number of furan rings is 1. The lowest BCUT2D eigenvalue weighted by atomic mass is 9.95. The number of likely N-dealkylation sites (tertiary alicyclic amines) is 1. The van der Waals surface area contributed by atoms with Crippen molar-refractivity contribution >= 4 is 17.5 Å². The van der Waals surface area contributed by atoms with E-state index in [0.717, 1.165) is 6.07 Å². The van der Waals surface area contributed by atoms with E-state index in [1.165, 1.54) is 30.7 Å². The molecule has 1 aromatic heterocycles. The molecule has 0 atom stereocenters. The molecule has 6 nitrogen and oxygen atoms in total. The van der Waals surface area contributed by atoms with E-state index in [-0.39, 0.29) is 11.6 Å². The standard InChI is InChI=1S/C18H17F3N2O4/c19-18(20,21)27-15-4-2-1-3-14(15)22-16(24)12-5-8-23(9-6-12)17(25)13-7-10-26-11-13/h1-4,7,10-12H,5-6,8-9H2,(H,22,24). The number of para-hydroxylation sites is 2. The molecule has 1 N–H and O–H groups in total. The van der Waals surface area contributed by atoms with E-state index in [0.29, 0.717) is 31.5 Å². The van der Waals surface area contributed by atoms with Gasteiger partial charge in [0.1, 0.15) is 6.26 Å². The lowest BCUT2D eigenvalue weighted by Crippen LogP contribution is -2.41. The Hall–Kier alpha value is -2.97. The van der Waals surface area contributed by atoms with Crippen LogP contribution in [0.1, 0.15) is 23.2 Å². The van der Waals surface area contributed by atoms with Crippen LogP contribution in [0.2, 0.25) is 0 Å². The van der Waals surface area contributed by atoms with Crippen molar-refractivity contribution in [3.63, 3.8) is 0 Å². The van der Waals surface area contributed by atoms with E-state index in [1.807, 2.05) is 0 Å². The first-order valence-corrected chi connectivity index (χ1v) is 8.30. The summed E-state index contributed by atoms with van der Waals surface area (Å²) in [5.74, 6) is -1.45. The van der Waals surface area contributed by atoms with Crippen LogP contribution < -0.4 is 10.1 Å². The van der Waals surface area contributed by atoms with E-state index < -0.39 is 23.9 Å². The molecule has 144 valence electrons. The molecule has 0 aliphatic carbocycles. The predicted octanol–water partition coefficient (Wildman–Crippen LogP) is 3.67. The molecule has 1 aromatic carbocycles. The maximum atomic E-state index is 12.5. The number of hydrogen-bond donors (Lipinski definition) is 1. The highest BCUT2D eigenvalue weighted by Crippen LogP contribution is 2.31. The third-order valence-corrected chi connectivity index (χ3v) is 4.29. The third kappa shape index (κ3) is 4.81. The van der Waals surface area contributed by atoms with Gasteiger partial charge in [-0.3, -0.25) is 9.59 Å². The number of nitrogens with one attached hydrogen (secondary N) is 1. The van der Waals surface area contributed by atoms with E-state index in [4.69, 9.17) is 4.42 Å². The maximum absolute atomic E-state index is 12.5. The SMILES string of the molecule is O=C(Nc1ccccc1OC(F)(F)F)C1CCN(C(=O)c2ccoc2)CC1. The van der Waals surface area contributed by atoms with Gasteiger partial charge in [-0.1, -0.05) is 12.1 Å². The maximum Gasteiger partial charge on any atom is 0.573 e. The van der Waals surface area contributed by atoms with Crippen molar-refractivity contribution in [2.75, 3.05) is 18.4 Å². The monoisotopic (exact) mass is 382 g/mol. The Morgan fingerprint density at radius 2 is 1.85 bits per heavy atom. The van der Waals surface area contributed by atoms with Crippen LogP contribution in [0, 0.1) is 5.92 Å². The summed E-state index contributed by atoms with van der Waals surface area (Å²) in [6.45, 7) is 0.756. The van der Waals surface area contributed by atoms with Crippen LogP contribution in [-0.4, -0.2) is 36.2 Å². The first-order valence-electron chi connectivity index (χ1n) is 8.30. The average Bonchev–Trinajstić information content (AvgIpc) is 3.16. The molecule has 2 amide bonds. The Kier molecular flexibility index (Phi) is 5.38. The molecule has 0 bridgehead atoms. The van der Waals surface area contributed by atoms with E-state index in [9.17, 15) is 22.8 Å². The molecule has 0 radical (unpaired) electrons. The Balaban J connectivity index is 1.58. The van der Waals surface area contributed by atoms with Crippen molar-refractivity contribution in [2.45, 2.75) is 19.2 Å². The fourth-order valence-corrected chi connectivity index (χ4v) is 2.93. The molecule has 2 heterocycles. The third-order valence-electron chi connectivity index (χ3n) is 4.29. The summed E-state index contributed by atoms with van der Waals surface area (Å²) < 4.78 is 46.2. The van der Waals surface area contributed by atoms with Gasteiger partial charge in [0.2, 0.25) is 5.91 Å². The fraction of sp³-hybridized carbons (Fsp3) is 0.333. The molecule has 27 heavy (non-hydrogen) atoms. The number of halogens is 3. The Labute approximate surface area is 152 Å². The van der Waals surface area contributed by atoms with Crippen LogP contribution in [-0.2, 0) is 4.79 Å². The minimum absolute atomic E-state index is 0.0447. The molecule has 0 spiro atoms. The molecule has 2 aromatic rings. The number of anilines is 1. The van der Waals surface area contributed by atoms with Crippen LogP contribution in [0.15, 0.2) is 47.3 Å².